The van der Waals surface area contributed by atoms with Gasteiger partial charge in [-0.2, -0.15) is 15.0 Å². The van der Waals surface area contributed by atoms with Crippen LogP contribution in [0.3, 0.4) is 0 Å². The van der Waals surface area contributed by atoms with Gasteiger partial charge >= 0.3 is 0 Å². The molecular weight excluding hydrogens is 546 g/mol. The van der Waals surface area contributed by atoms with Gasteiger partial charge in [0.05, 0.1) is 10.2 Å². The molecule has 9 nitrogen and oxygen atoms in total. The summed E-state index contributed by atoms with van der Waals surface area (Å²) in [5.74, 6) is 0.662. The zero-order valence-corrected chi connectivity index (χ0v) is 22.1. The number of thiazole rings is 1. The lowest BCUT2D eigenvalue weighted by Gasteiger charge is -2.13. The van der Waals surface area contributed by atoms with Crippen LogP contribution in [0.25, 0.3) is 10.2 Å². The second kappa shape index (κ2) is 11.4. The Labute approximate surface area is 231 Å². The number of hydrogen-bond donors (Lipinski definition) is 5. The first kappa shape index (κ1) is 24.7. The van der Waals surface area contributed by atoms with Crippen LogP contribution < -0.4 is 26.6 Å². The van der Waals surface area contributed by atoms with E-state index < -0.39 is 0 Å². The molecule has 5 N–H and O–H groups in total. The van der Waals surface area contributed by atoms with E-state index in [1.807, 2.05) is 66.7 Å². The molecule has 0 unspecified atom stereocenters. The minimum Gasteiger partial charge on any atom is -0.332 e. The molecule has 0 radical (unpaired) electrons. The molecule has 13 heteroatoms. The number of aromatic nitrogens is 4. The lowest BCUT2D eigenvalue weighted by Crippen LogP contribution is -2.24. The number of anilines is 6. The predicted octanol–water partition coefficient (Wildman–Crippen LogP) is 6.50. The summed E-state index contributed by atoms with van der Waals surface area (Å²) in [5, 5.41) is 17.1. The Balaban J connectivity index is 1.37. The van der Waals surface area contributed by atoms with Crippen LogP contribution in [0.1, 0.15) is 0 Å². The van der Waals surface area contributed by atoms with Crippen molar-refractivity contribution in [2.24, 2.45) is 0 Å². The molecule has 37 heavy (non-hydrogen) atoms. The van der Waals surface area contributed by atoms with E-state index in [4.69, 9.17) is 36.0 Å². The summed E-state index contributed by atoms with van der Waals surface area (Å²) in [7, 11) is 0. The van der Waals surface area contributed by atoms with Crippen LogP contribution in [0.15, 0.2) is 78.9 Å². The van der Waals surface area contributed by atoms with E-state index in [-0.39, 0.29) is 23.0 Å². The first-order valence-electron chi connectivity index (χ1n) is 10.9. The lowest BCUT2D eigenvalue weighted by atomic mass is 10.3. The molecule has 2 heterocycles. The Bertz CT molecular complexity index is 1540. The summed E-state index contributed by atoms with van der Waals surface area (Å²) in [5.41, 5.74) is 2.42. The molecule has 0 aliphatic carbocycles. The quantitative estimate of drug-likeness (QED) is 0.146. The summed E-state index contributed by atoms with van der Waals surface area (Å²) in [4.78, 5) is 17.9. The molecule has 0 atom stereocenters. The van der Waals surface area contributed by atoms with Crippen LogP contribution in [0.2, 0.25) is 5.02 Å². The molecule has 0 saturated carbocycles. The highest BCUT2D eigenvalue weighted by Gasteiger charge is 2.12. The molecule has 0 aliphatic heterocycles. The highest BCUT2D eigenvalue weighted by Crippen LogP contribution is 2.27. The van der Waals surface area contributed by atoms with E-state index in [2.05, 4.69) is 46.5 Å². The molecule has 184 valence electrons. The number of hydrogen-bond acceptors (Lipinski definition) is 8. The fourth-order valence-corrected chi connectivity index (χ4v) is 4.65. The van der Waals surface area contributed by atoms with Gasteiger partial charge in [0.15, 0.2) is 15.4 Å². The van der Waals surface area contributed by atoms with E-state index in [0.29, 0.717) is 15.3 Å². The molecule has 2 aromatic heterocycles. The van der Waals surface area contributed by atoms with Crippen LogP contribution in [0.5, 0.6) is 0 Å². The van der Waals surface area contributed by atoms with Crippen molar-refractivity contribution in [2.45, 2.75) is 0 Å². The molecule has 5 rings (SSSR count). The predicted molar refractivity (Wildman–Crippen MR) is 160 cm³/mol. The van der Waals surface area contributed by atoms with Crippen LogP contribution in [0, 0.1) is 0 Å². The lowest BCUT2D eigenvalue weighted by molar-refractivity contribution is 1.07. The smallest absolute Gasteiger partial charge is 0.235 e. The van der Waals surface area contributed by atoms with Crippen LogP contribution in [0.4, 0.5) is 34.4 Å². The molecular formula is C24H18ClN9S3. The number of nitrogens with zero attached hydrogens (tertiary/aromatic N) is 4. The summed E-state index contributed by atoms with van der Waals surface area (Å²) in [6, 6.07) is 24.6. The molecule has 0 saturated heterocycles. The number of benzene rings is 3. The fraction of sp³-hybridized carbons (Fsp3) is 0. The molecule has 0 bridgehead atoms. The monoisotopic (exact) mass is 563 g/mol. The summed E-state index contributed by atoms with van der Waals surface area (Å²) >= 11 is 18.4. The van der Waals surface area contributed by atoms with E-state index in [1.54, 1.807) is 12.1 Å². The van der Waals surface area contributed by atoms with Crippen molar-refractivity contribution in [3.8, 4) is 0 Å². The first-order chi connectivity index (χ1) is 18.0. The topological polar surface area (TPSA) is 112 Å². The maximum absolute atomic E-state index is 6.07. The Morgan fingerprint density at radius 1 is 0.649 bits per heavy atom. The zero-order valence-electron chi connectivity index (χ0n) is 18.9. The van der Waals surface area contributed by atoms with Gasteiger partial charge in [0.2, 0.25) is 17.8 Å². The number of halogens is 1. The van der Waals surface area contributed by atoms with E-state index >= 15 is 0 Å². The maximum Gasteiger partial charge on any atom is 0.235 e. The molecule has 3 aromatic carbocycles. The van der Waals surface area contributed by atoms with Gasteiger partial charge < -0.3 is 21.3 Å². The first-order valence-corrected chi connectivity index (χ1v) is 12.9. The number of rotatable bonds is 6. The number of para-hydroxylation sites is 2. The second-order valence-corrected chi connectivity index (χ2v) is 9.74. The molecule has 0 spiro atoms. The average Bonchev–Trinajstić information content (AvgIpc) is 3.26. The van der Waals surface area contributed by atoms with Crippen molar-refractivity contribution in [1.82, 2.24) is 19.9 Å². The van der Waals surface area contributed by atoms with E-state index in [9.17, 15) is 0 Å². The molecule has 0 fully saturated rings. The van der Waals surface area contributed by atoms with Gasteiger partial charge in [-0.1, -0.05) is 59.3 Å². The normalized spacial score (nSPS) is 10.5. The molecule has 0 amide bonds. The van der Waals surface area contributed by atoms with Crippen molar-refractivity contribution < 1.29 is 0 Å². The molecule has 0 aliphatic rings. The highest BCUT2D eigenvalue weighted by atomic mass is 35.5. The van der Waals surface area contributed by atoms with Gasteiger partial charge in [0.1, 0.15) is 0 Å². The van der Waals surface area contributed by atoms with Gasteiger partial charge in [-0.15, -0.1) is 0 Å². The Hall–Kier alpha value is -3.97. The van der Waals surface area contributed by atoms with Gasteiger partial charge in [-0.3, -0.25) is 5.32 Å². The summed E-state index contributed by atoms with van der Waals surface area (Å²) in [6.45, 7) is 0. The Kier molecular flexibility index (Phi) is 7.61. The van der Waals surface area contributed by atoms with Crippen molar-refractivity contribution in [3.63, 3.8) is 0 Å². The van der Waals surface area contributed by atoms with Crippen molar-refractivity contribution in [2.75, 3.05) is 26.6 Å². The largest absolute Gasteiger partial charge is 0.332 e. The van der Waals surface area contributed by atoms with Gasteiger partial charge in [-0.25, -0.2) is 4.98 Å². The van der Waals surface area contributed by atoms with Crippen LogP contribution in [-0.4, -0.2) is 30.2 Å². The van der Waals surface area contributed by atoms with Crippen LogP contribution >= 0.6 is 47.4 Å². The van der Waals surface area contributed by atoms with Gasteiger partial charge in [0.25, 0.3) is 0 Å². The number of thiocarbonyl (C=S) groups is 2. The average molecular weight is 564 g/mol. The summed E-state index contributed by atoms with van der Waals surface area (Å²) in [6.07, 6.45) is 0. The van der Waals surface area contributed by atoms with Gasteiger partial charge in [-0.05, 0) is 66.9 Å². The molecule has 5 aromatic rings. The van der Waals surface area contributed by atoms with E-state index in [0.717, 1.165) is 21.6 Å². The number of fused-ring (bicyclic) bond motifs is 1. The standard InChI is InChI=1S/C24H18ClN9S3/c25-14-7-6-10-16(13-14)27-23(36)33-20-29-19(32-22(35)26-15-8-2-1-3-9-15)30-21(31-20)34-24-28-17-11-4-5-12-18(17)37-24/h1-13H,(H5,26,27,28,29,30,31,32,33,34,35,36). The fourth-order valence-electron chi connectivity index (χ4n) is 3.18. The Morgan fingerprint density at radius 3 is 1.97 bits per heavy atom. The summed E-state index contributed by atoms with van der Waals surface area (Å²) < 4.78 is 1.04. The van der Waals surface area contributed by atoms with E-state index in [1.165, 1.54) is 11.3 Å². The Morgan fingerprint density at radius 2 is 1.27 bits per heavy atom. The number of nitrogens with one attached hydrogen (secondary N) is 5. The minimum absolute atomic E-state index is 0.197. The van der Waals surface area contributed by atoms with Gasteiger partial charge in [0, 0.05) is 16.4 Å². The van der Waals surface area contributed by atoms with Crippen molar-refractivity contribution >= 4 is 102 Å². The van der Waals surface area contributed by atoms with Crippen molar-refractivity contribution in [3.05, 3.63) is 83.9 Å². The minimum atomic E-state index is 0.197. The SMILES string of the molecule is S=C(Nc1ccccc1)Nc1nc(NC(=S)Nc2cccc(Cl)c2)nc(Nc2nc3ccccc3s2)n1. The third-order valence-electron chi connectivity index (χ3n) is 4.71. The third kappa shape index (κ3) is 6.83. The second-order valence-electron chi connectivity index (χ2n) is 7.45. The van der Waals surface area contributed by atoms with Crippen LogP contribution in [-0.2, 0) is 0 Å². The van der Waals surface area contributed by atoms with Crippen molar-refractivity contribution in [1.29, 1.82) is 0 Å². The maximum atomic E-state index is 6.07. The third-order valence-corrected chi connectivity index (χ3v) is 6.31. The highest BCUT2D eigenvalue weighted by molar-refractivity contribution is 7.81. The zero-order chi connectivity index (χ0) is 25.6.